The van der Waals surface area contributed by atoms with Crippen molar-refractivity contribution in [1.82, 2.24) is 9.38 Å². The van der Waals surface area contributed by atoms with Crippen molar-refractivity contribution in [2.75, 3.05) is 0 Å². The Morgan fingerprint density at radius 2 is 2.10 bits per heavy atom. The van der Waals surface area contributed by atoms with Gasteiger partial charge in [0.2, 0.25) is 0 Å². The molecule has 4 nitrogen and oxygen atoms in total. The van der Waals surface area contributed by atoms with Gasteiger partial charge in [-0.05, 0) is 41.8 Å². The maximum Gasteiger partial charge on any atom is 0.268 e. The molecule has 0 N–H and O–H groups in total. The highest BCUT2D eigenvalue weighted by Crippen LogP contribution is 2.28. The molecule has 1 aromatic carbocycles. The van der Waals surface area contributed by atoms with Crippen LogP contribution in [-0.4, -0.2) is 15.7 Å². The number of aromatic nitrogens is 2. The molecule has 0 fully saturated rings. The van der Waals surface area contributed by atoms with E-state index in [4.69, 9.17) is 0 Å². The minimum atomic E-state index is -0.354. The summed E-state index contributed by atoms with van der Waals surface area (Å²) >= 11 is 3.51. The third kappa shape index (κ3) is 2.29. The lowest BCUT2D eigenvalue weighted by Crippen LogP contribution is -2.18. The predicted molar refractivity (Wildman–Crippen MR) is 84.7 cm³/mol. The number of hydrogen-bond acceptors (Lipinski definition) is 3. The molecule has 0 saturated carbocycles. The summed E-state index contributed by atoms with van der Waals surface area (Å²) in [7, 11) is 0. The molecule has 0 bridgehead atoms. The fourth-order valence-corrected chi connectivity index (χ4v) is 2.62. The number of nitrogens with zero attached hydrogens (tertiary/aromatic N) is 2. The SMILES string of the molecule is Cc1c(Br)cccc1-c1ccn2c(=O)c(C=O)cnc2c1. The highest BCUT2D eigenvalue weighted by Gasteiger charge is 2.08. The topological polar surface area (TPSA) is 51.4 Å². The average Bonchev–Trinajstić information content (AvgIpc) is 2.50. The number of halogens is 1. The highest BCUT2D eigenvalue weighted by atomic mass is 79.9. The van der Waals surface area contributed by atoms with Crippen molar-refractivity contribution >= 4 is 27.9 Å². The molecule has 21 heavy (non-hydrogen) atoms. The maximum absolute atomic E-state index is 12.0. The Kier molecular flexibility index (Phi) is 3.43. The minimum absolute atomic E-state index is 0.0545. The van der Waals surface area contributed by atoms with Gasteiger partial charge in [-0.2, -0.15) is 0 Å². The molecule has 0 saturated heterocycles. The fourth-order valence-electron chi connectivity index (χ4n) is 2.26. The first-order chi connectivity index (χ1) is 10.1. The Bertz CT molecular complexity index is 916. The van der Waals surface area contributed by atoms with Gasteiger partial charge in [0.15, 0.2) is 6.29 Å². The molecule has 0 unspecified atom stereocenters. The van der Waals surface area contributed by atoms with Gasteiger partial charge < -0.3 is 0 Å². The lowest BCUT2D eigenvalue weighted by atomic mass is 10.0. The molecule has 3 aromatic rings. The number of carbonyl (C=O) groups excluding carboxylic acids is 1. The normalized spacial score (nSPS) is 10.8. The number of benzene rings is 1. The summed E-state index contributed by atoms with van der Waals surface area (Å²) in [6, 6.07) is 9.65. The van der Waals surface area contributed by atoms with Crippen LogP contribution in [-0.2, 0) is 0 Å². The van der Waals surface area contributed by atoms with Crippen molar-refractivity contribution in [1.29, 1.82) is 0 Å². The zero-order chi connectivity index (χ0) is 15.0. The van der Waals surface area contributed by atoms with Crippen LogP contribution in [0.1, 0.15) is 15.9 Å². The van der Waals surface area contributed by atoms with Gasteiger partial charge in [-0.25, -0.2) is 4.98 Å². The molecule has 0 radical (unpaired) electrons. The van der Waals surface area contributed by atoms with E-state index in [9.17, 15) is 9.59 Å². The van der Waals surface area contributed by atoms with Crippen molar-refractivity contribution in [2.24, 2.45) is 0 Å². The number of aldehydes is 1. The minimum Gasteiger partial charge on any atom is -0.298 e. The molecular formula is C16H11BrN2O2. The van der Waals surface area contributed by atoms with E-state index < -0.39 is 0 Å². The van der Waals surface area contributed by atoms with Crippen molar-refractivity contribution in [2.45, 2.75) is 6.92 Å². The molecule has 0 aliphatic heterocycles. The van der Waals surface area contributed by atoms with Crippen molar-refractivity contribution < 1.29 is 4.79 Å². The van der Waals surface area contributed by atoms with Crippen LogP contribution in [0.25, 0.3) is 16.8 Å². The second kappa shape index (κ2) is 5.26. The van der Waals surface area contributed by atoms with Crippen molar-refractivity contribution in [3.63, 3.8) is 0 Å². The van der Waals surface area contributed by atoms with Gasteiger partial charge in [0.25, 0.3) is 5.56 Å². The molecule has 0 spiro atoms. The van der Waals surface area contributed by atoms with E-state index in [2.05, 4.69) is 20.9 Å². The van der Waals surface area contributed by atoms with Gasteiger partial charge in [0.05, 0.1) is 5.56 Å². The molecule has 5 heteroatoms. The molecule has 2 heterocycles. The maximum atomic E-state index is 12.0. The third-order valence-corrected chi connectivity index (χ3v) is 4.30. The van der Waals surface area contributed by atoms with E-state index in [0.29, 0.717) is 11.9 Å². The van der Waals surface area contributed by atoms with Crippen LogP contribution < -0.4 is 5.56 Å². The number of fused-ring (bicyclic) bond motifs is 1. The van der Waals surface area contributed by atoms with E-state index in [1.807, 2.05) is 37.3 Å². The van der Waals surface area contributed by atoms with Gasteiger partial charge in [-0.15, -0.1) is 0 Å². The fraction of sp³-hybridized carbons (Fsp3) is 0.0625. The van der Waals surface area contributed by atoms with Crippen molar-refractivity contribution in [3.8, 4) is 11.1 Å². The predicted octanol–water partition coefficient (Wildman–Crippen LogP) is 3.24. The number of pyridine rings is 1. The number of rotatable bonds is 2. The summed E-state index contributed by atoms with van der Waals surface area (Å²) < 4.78 is 2.40. The van der Waals surface area contributed by atoms with E-state index in [1.165, 1.54) is 10.6 Å². The summed E-state index contributed by atoms with van der Waals surface area (Å²) in [5, 5.41) is 0. The highest BCUT2D eigenvalue weighted by molar-refractivity contribution is 9.10. The quantitative estimate of drug-likeness (QED) is 0.671. The Morgan fingerprint density at radius 1 is 1.29 bits per heavy atom. The Morgan fingerprint density at radius 3 is 2.86 bits per heavy atom. The zero-order valence-electron chi connectivity index (χ0n) is 11.2. The summed E-state index contributed by atoms with van der Waals surface area (Å²) in [6.07, 6.45) is 3.48. The van der Waals surface area contributed by atoms with E-state index in [0.717, 1.165) is 21.2 Å². The van der Waals surface area contributed by atoms with Gasteiger partial charge in [-0.3, -0.25) is 14.0 Å². The summed E-state index contributed by atoms with van der Waals surface area (Å²) in [4.78, 5) is 27.0. The first kappa shape index (κ1) is 13.7. The van der Waals surface area contributed by atoms with E-state index in [1.54, 1.807) is 6.20 Å². The molecule has 0 aliphatic carbocycles. The zero-order valence-corrected chi connectivity index (χ0v) is 12.8. The molecular weight excluding hydrogens is 332 g/mol. The van der Waals surface area contributed by atoms with Crippen LogP contribution in [0.4, 0.5) is 0 Å². The second-order valence-electron chi connectivity index (χ2n) is 4.69. The summed E-state index contributed by atoms with van der Waals surface area (Å²) in [5.41, 5.74) is 3.38. The van der Waals surface area contributed by atoms with E-state index >= 15 is 0 Å². The van der Waals surface area contributed by atoms with Crippen molar-refractivity contribution in [3.05, 3.63) is 68.7 Å². The lowest BCUT2D eigenvalue weighted by molar-refractivity contribution is 0.112. The summed E-state index contributed by atoms with van der Waals surface area (Å²) in [5.74, 6) is 0. The molecule has 0 atom stereocenters. The first-order valence-corrected chi connectivity index (χ1v) is 7.13. The van der Waals surface area contributed by atoms with Crippen LogP contribution in [0.5, 0.6) is 0 Å². The Hall–Kier alpha value is -2.27. The Balaban J connectivity index is 2.25. The molecule has 2 aromatic heterocycles. The standard InChI is InChI=1S/C16H11BrN2O2/c1-10-13(3-2-4-14(10)17)11-5-6-19-15(7-11)18-8-12(9-20)16(19)21/h2-9H,1H3. The van der Waals surface area contributed by atoms with Gasteiger partial charge in [-0.1, -0.05) is 28.1 Å². The first-order valence-electron chi connectivity index (χ1n) is 6.34. The third-order valence-electron chi connectivity index (χ3n) is 3.44. The molecule has 0 amide bonds. The lowest BCUT2D eigenvalue weighted by Gasteiger charge is -2.09. The van der Waals surface area contributed by atoms with E-state index in [-0.39, 0.29) is 11.1 Å². The van der Waals surface area contributed by atoms with Crippen LogP contribution in [0.3, 0.4) is 0 Å². The van der Waals surface area contributed by atoms with Crippen LogP contribution in [0.15, 0.2) is 52.0 Å². The molecule has 3 rings (SSSR count). The summed E-state index contributed by atoms with van der Waals surface area (Å²) in [6.45, 7) is 2.03. The molecule has 0 aliphatic rings. The Labute approximate surface area is 129 Å². The monoisotopic (exact) mass is 342 g/mol. The van der Waals surface area contributed by atoms with Gasteiger partial charge in [0.1, 0.15) is 5.65 Å². The van der Waals surface area contributed by atoms with Crippen LogP contribution in [0, 0.1) is 6.92 Å². The van der Waals surface area contributed by atoms with Crippen LogP contribution >= 0.6 is 15.9 Å². The largest absolute Gasteiger partial charge is 0.298 e. The number of carbonyl (C=O) groups is 1. The molecule has 104 valence electrons. The van der Waals surface area contributed by atoms with Crippen LogP contribution in [0.2, 0.25) is 0 Å². The average molecular weight is 343 g/mol. The van der Waals surface area contributed by atoms with Gasteiger partial charge >= 0.3 is 0 Å². The smallest absolute Gasteiger partial charge is 0.268 e. The second-order valence-corrected chi connectivity index (χ2v) is 5.55. The van der Waals surface area contributed by atoms with Gasteiger partial charge in [0, 0.05) is 16.9 Å². The number of hydrogen-bond donors (Lipinski definition) is 0.